The summed E-state index contributed by atoms with van der Waals surface area (Å²) in [5.41, 5.74) is 0. The van der Waals surface area contributed by atoms with Crippen molar-refractivity contribution in [3.8, 4) is 0 Å². The van der Waals surface area contributed by atoms with Gasteiger partial charge >= 0.3 is 0 Å². The van der Waals surface area contributed by atoms with Gasteiger partial charge in [-0.3, -0.25) is 9.59 Å². The Bertz CT molecular complexity index is 395. The van der Waals surface area contributed by atoms with Crippen LogP contribution in [0.25, 0.3) is 0 Å². The van der Waals surface area contributed by atoms with Crippen molar-refractivity contribution in [1.82, 2.24) is 15.5 Å². The first-order valence-corrected chi connectivity index (χ1v) is 8.51. The number of halogens is 1. The third-order valence-electron chi connectivity index (χ3n) is 4.99. The summed E-state index contributed by atoms with van der Waals surface area (Å²) in [4.78, 5) is 26.4. The summed E-state index contributed by atoms with van der Waals surface area (Å²) in [6, 6.07) is 0. The smallest absolute Gasteiger partial charge is 0.225 e. The summed E-state index contributed by atoms with van der Waals surface area (Å²) in [5.74, 6) is 1.26. The number of piperidine rings is 2. The molecule has 0 bridgehead atoms. The average molecular weight is 330 g/mol. The highest BCUT2D eigenvalue weighted by atomic mass is 35.5. The average Bonchev–Trinajstić information content (AvgIpc) is 3.38. The minimum Gasteiger partial charge on any atom is -0.355 e. The zero-order valence-electron chi connectivity index (χ0n) is 13.2. The van der Waals surface area contributed by atoms with Crippen LogP contribution in [0.3, 0.4) is 0 Å². The number of amides is 2. The van der Waals surface area contributed by atoms with Gasteiger partial charge in [0.05, 0.1) is 5.92 Å². The second-order valence-corrected chi connectivity index (χ2v) is 6.86. The normalized spacial score (nSPS) is 28.6. The van der Waals surface area contributed by atoms with Gasteiger partial charge in [0.1, 0.15) is 0 Å². The molecule has 0 aromatic rings. The van der Waals surface area contributed by atoms with Crippen LogP contribution in [0.2, 0.25) is 0 Å². The lowest BCUT2D eigenvalue weighted by atomic mass is 9.95. The van der Waals surface area contributed by atoms with Crippen molar-refractivity contribution >= 4 is 24.2 Å². The van der Waals surface area contributed by atoms with Crippen LogP contribution in [-0.2, 0) is 9.59 Å². The maximum Gasteiger partial charge on any atom is 0.225 e. The summed E-state index contributed by atoms with van der Waals surface area (Å²) in [6.45, 7) is 4.36. The molecule has 2 atom stereocenters. The van der Waals surface area contributed by atoms with Gasteiger partial charge in [-0.1, -0.05) is 0 Å². The Morgan fingerprint density at radius 3 is 2.59 bits per heavy atom. The summed E-state index contributed by atoms with van der Waals surface area (Å²) < 4.78 is 0. The highest BCUT2D eigenvalue weighted by Crippen LogP contribution is 2.32. The number of carbonyl (C=O) groups excluding carboxylic acids is 2. The van der Waals surface area contributed by atoms with Crippen molar-refractivity contribution < 1.29 is 9.59 Å². The second kappa shape index (κ2) is 8.16. The molecule has 3 aliphatic rings. The molecular formula is C16H28ClN3O2. The molecule has 5 nitrogen and oxygen atoms in total. The van der Waals surface area contributed by atoms with E-state index in [1.807, 2.05) is 4.90 Å². The molecule has 0 aromatic heterocycles. The zero-order chi connectivity index (χ0) is 14.7. The van der Waals surface area contributed by atoms with E-state index in [2.05, 4.69) is 10.6 Å². The van der Waals surface area contributed by atoms with E-state index in [9.17, 15) is 9.59 Å². The van der Waals surface area contributed by atoms with E-state index in [-0.39, 0.29) is 36.1 Å². The highest BCUT2D eigenvalue weighted by molar-refractivity contribution is 5.85. The molecule has 126 valence electrons. The van der Waals surface area contributed by atoms with Gasteiger partial charge in [0, 0.05) is 25.6 Å². The summed E-state index contributed by atoms with van der Waals surface area (Å²) in [6.07, 6.45) is 6.37. The summed E-state index contributed by atoms with van der Waals surface area (Å²) in [7, 11) is 0. The lowest BCUT2D eigenvalue weighted by Gasteiger charge is -2.32. The molecule has 3 rings (SSSR count). The predicted molar refractivity (Wildman–Crippen MR) is 87.9 cm³/mol. The first-order chi connectivity index (χ1) is 10.2. The maximum absolute atomic E-state index is 12.3. The second-order valence-electron chi connectivity index (χ2n) is 6.86. The third kappa shape index (κ3) is 4.59. The van der Waals surface area contributed by atoms with Crippen molar-refractivity contribution in [1.29, 1.82) is 0 Å². The molecule has 2 N–H and O–H groups in total. The molecule has 0 spiro atoms. The van der Waals surface area contributed by atoms with Crippen LogP contribution in [-0.4, -0.2) is 49.4 Å². The van der Waals surface area contributed by atoms with E-state index in [0.29, 0.717) is 12.5 Å². The number of hydrogen-bond donors (Lipinski definition) is 2. The van der Waals surface area contributed by atoms with E-state index in [1.165, 1.54) is 12.8 Å². The minimum atomic E-state index is -0.00185. The zero-order valence-corrected chi connectivity index (χ0v) is 14.0. The molecular weight excluding hydrogens is 302 g/mol. The number of carbonyl (C=O) groups is 2. The van der Waals surface area contributed by atoms with Gasteiger partial charge in [0.15, 0.2) is 0 Å². The van der Waals surface area contributed by atoms with Gasteiger partial charge in [-0.05, 0) is 57.5 Å². The van der Waals surface area contributed by atoms with Gasteiger partial charge < -0.3 is 15.5 Å². The van der Waals surface area contributed by atoms with Crippen LogP contribution < -0.4 is 10.6 Å². The molecule has 2 heterocycles. The van der Waals surface area contributed by atoms with E-state index in [1.54, 1.807) is 0 Å². The van der Waals surface area contributed by atoms with Crippen LogP contribution in [0.4, 0.5) is 0 Å². The first kappa shape index (κ1) is 17.5. The Labute approximate surface area is 139 Å². The van der Waals surface area contributed by atoms with Crippen molar-refractivity contribution in [2.45, 2.75) is 38.5 Å². The molecule has 2 amide bonds. The molecule has 22 heavy (non-hydrogen) atoms. The van der Waals surface area contributed by atoms with Crippen molar-refractivity contribution in [2.24, 2.45) is 17.8 Å². The Morgan fingerprint density at radius 1 is 1.09 bits per heavy atom. The lowest BCUT2D eigenvalue weighted by Crippen LogP contribution is -2.47. The number of hydrogen-bond acceptors (Lipinski definition) is 3. The third-order valence-corrected chi connectivity index (χ3v) is 4.99. The van der Waals surface area contributed by atoms with Crippen LogP contribution in [0.5, 0.6) is 0 Å². The first-order valence-electron chi connectivity index (χ1n) is 8.51. The molecule has 2 saturated heterocycles. The van der Waals surface area contributed by atoms with Gasteiger partial charge in [0.25, 0.3) is 0 Å². The molecule has 3 fully saturated rings. The Kier molecular flexibility index (Phi) is 6.50. The Morgan fingerprint density at radius 2 is 1.91 bits per heavy atom. The number of rotatable bonds is 4. The monoisotopic (exact) mass is 329 g/mol. The standard InChI is InChI=1S/C16H27N3O2.ClH/c20-15(18-10-12-3-1-7-17-9-12)14-4-2-8-19(11-14)16(21)13-5-6-13;/h12-14,17H,1-11H2,(H,18,20);1H. The van der Waals surface area contributed by atoms with E-state index in [0.717, 1.165) is 51.9 Å². The van der Waals surface area contributed by atoms with Crippen LogP contribution >= 0.6 is 12.4 Å². The van der Waals surface area contributed by atoms with Crippen LogP contribution in [0, 0.1) is 17.8 Å². The fourth-order valence-corrected chi connectivity index (χ4v) is 3.47. The van der Waals surface area contributed by atoms with Crippen molar-refractivity contribution in [2.75, 3.05) is 32.7 Å². The van der Waals surface area contributed by atoms with Crippen molar-refractivity contribution in [3.63, 3.8) is 0 Å². The topological polar surface area (TPSA) is 61.4 Å². The van der Waals surface area contributed by atoms with Gasteiger partial charge in [-0.15, -0.1) is 12.4 Å². The number of nitrogens with one attached hydrogen (secondary N) is 2. The summed E-state index contributed by atoms with van der Waals surface area (Å²) >= 11 is 0. The Hall–Kier alpha value is -0.810. The van der Waals surface area contributed by atoms with E-state index >= 15 is 0 Å². The van der Waals surface area contributed by atoms with Gasteiger partial charge in [-0.2, -0.15) is 0 Å². The quantitative estimate of drug-likeness (QED) is 0.814. The molecule has 1 aliphatic carbocycles. The lowest BCUT2D eigenvalue weighted by molar-refractivity contribution is -0.136. The van der Waals surface area contributed by atoms with Crippen LogP contribution in [0.1, 0.15) is 38.5 Å². The Balaban J connectivity index is 0.00000176. The molecule has 0 aromatic carbocycles. The molecule has 2 aliphatic heterocycles. The number of nitrogens with zero attached hydrogens (tertiary/aromatic N) is 1. The predicted octanol–water partition coefficient (Wildman–Crippen LogP) is 1.17. The molecule has 2 unspecified atom stereocenters. The largest absolute Gasteiger partial charge is 0.355 e. The van der Waals surface area contributed by atoms with Crippen molar-refractivity contribution in [3.05, 3.63) is 0 Å². The summed E-state index contributed by atoms with van der Waals surface area (Å²) in [5, 5.41) is 6.48. The minimum absolute atomic E-state index is 0. The SMILES string of the molecule is Cl.O=C(NCC1CCCNC1)C1CCCN(C(=O)C2CC2)C1. The van der Waals surface area contributed by atoms with E-state index < -0.39 is 0 Å². The van der Waals surface area contributed by atoms with Crippen LogP contribution in [0.15, 0.2) is 0 Å². The van der Waals surface area contributed by atoms with Gasteiger partial charge in [0.2, 0.25) is 11.8 Å². The fraction of sp³-hybridized carbons (Fsp3) is 0.875. The van der Waals surface area contributed by atoms with E-state index in [4.69, 9.17) is 0 Å². The fourth-order valence-electron chi connectivity index (χ4n) is 3.47. The number of likely N-dealkylation sites (tertiary alicyclic amines) is 1. The maximum atomic E-state index is 12.3. The molecule has 1 saturated carbocycles. The molecule has 6 heteroatoms. The molecule has 0 radical (unpaired) electrons. The highest BCUT2D eigenvalue weighted by Gasteiger charge is 2.36. The van der Waals surface area contributed by atoms with Gasteiger partial charge in [-0.25, -0.2) is 0 Å².